The van der Waals surface area contributed by atoms with Crippen molar-refractivity contribution in [3.63, 3.8) is 0 Å². The van der Waals surface area contributed by atoms with E-state index in [2.05, 4.69) is 15.2 Å². The fourth-order valence-corrected chi connectivity index (χ4v) is 5.53. The highest BCUT2D eigenvalue weighted by atomic mass is 19.4. The number of nitrogens with zero attached hydrogens (tertiary/aromatic N) is 3. The number of pyridine rings is 1. The Bertz CT molecular complexity index is 1060. The van der Waals surface area contributed by atoms with Crippen LogP contribution in [0.25, 0.3) is 0 Å². The van der Waals surface area contributed by atoms with E-state index in [4.69, 9.17) is 9.47 Å². The number of fused-ring (bicyclic) bond motifs is 1. The molecule has 1 unspecified atom stereocenters. The number of likely N-dealkylation sites (tertiary alicyclic amines) is 1. The Morgan fingerprint density at radius 3 is 2.76 bits per heavy atom. The van der Waals surface area contributed by atoms with Gasteiger partial charge in [0.05, 0.1) is 30.9 Å². The molecule has 10 heteroatoms. The van der Waals surface area contributed by atoms with Crippen molar-refractivity contribution in [2.75, 3.05) is 39.4 Å². The number of benzene rings is 1. The summed E-state index contributed by atoms with van der Waals surface area (Å²) in [6.45, 7) is 4.42. The Morgan fingerprint density at radius 1 is 1.16 bits per heavy atom. The highest BCUT2D eigenvalue weighted by Gasteiger charge is 2.38. The van der Waals surface area contributed by atoms with E-state index < -0.39 is 11.7 Å². The second-order valence-electron chi connectivity index (χ2n) is 10.1. The zero-order valence-corrected chi connectivity index (χ0v) is 20.8. The van der Waals surface area contributed by atoms with Crippen molar-refractivity contribution >= 4 is 5.91 Å². The van der Waals surface area contributed by atoms with Gasteiger partial charge < -0.3 is 14.8 Å². The standard InChI is InChI=1S/C27H33F3N4O3/c28-27(29,30)22-4-3-20-5-9-33(14-21(20)12-22)17-26(35)32-24-15-34(23-6-10-36-11-7-23)16-25(24)37-18-19-2-1-8-31-13-19/h1-4,8,12-13,23-25H,5-7,9-11,14-18H2,(H,32,35)/t24?,25-/m0/s1. The monoisotopic (exact) mass is 518 g/mol. The molecule has 3 aliphatic heterocycles. The number of carbonyl (C=O) groups is 1. The average Bonchev–Trinajstić information content (AvgIpc) is 3.30. The van der Waals surface area contributed by atoms with Crippen molar-refractivity contribution in [2.24, 2.45) is 0 Å². The van der Waals surface area contributed by atoms with Crippen LogP contribution in [0.4, 0.5) is 13.2 Å². The van der Waals surface area contributed by atoms with Crippen LogP contribution in [0.2, 0.25) is 0 Å². The molecule has 2 atom stereocenters. The van der Waals surface area contributed by atoms with Crippen LogP contribution < -0.4 is 5.32 Å². The van der Waals surface area contributed by atoms with Crippen molar-refractivity contribution in [3.8, 4) is 0 Å². The summed E-state index contributed by atoms with van der Waals surface area (Å²) >= 11 is 0. The zero-order valence-electron chi connectivity index (χ0n) is 20.8. The van der Waals surface area contributed by atoms with E-state index in [-0.39, 0.29) is 24.6 Å². The van der Waals surface area contributed by atoms with Gasteiger partial charge in [0.2, 0.25) is 5.91 Å². The minimum atomic E-state index is -4.38. The molecule has 2 fully saturated rings. The fourth-order valence-electron chi connectivity index (χ4n) is 5.53. The van der Waals surface area contributed by atoms with E-state index in [1.54, 1.807) is 18.5 Å². The molecule has 2 aromatic rings. The maximum Gasteiger partial charge on any atom is 0.416 e. The molecule has 0 radical (unpaired) electrons. The van der Waals surface area contributed by atoms with Gasteiger partial charge in [0.25, 0.3) is 0 Å². The van der Waals surface area contributed by atoms with Crippen LogP contribution in [-0.4, -0.2) is 78.3 Å². The molecule has 0 aliphatic carbocycles. The predicted octanol–water partition coefficient (Wildman–Crippen LogP) is 3.02. The predicted molar refractivity (Wildman–Crippen MR) is 131 cm³/mol. The first-order valence-corrected chi connectivity index (χ1v) is 12.9. The smallest absolute Gasteiger partial charge is 0.381 e. The zero-order chi connectivity index (χ0) is 25.8. The molecule has 1 aromatic heterocycles. The molecular formula is C27H33F3N4O3. The number of rotatable bonds is 7. The minimum Gasteiger partial charge on any atom is -0.381 e. The molecule has 200 valence electrons. The van der Waals surface area contributed by atoms with Crippen molar-refractivity contribution < 1.29 is 27.4 Å². The largest absolute Gasteiger partial charge is 0.416 e. The third kappa shape index (κ3) is 6.67. The number of aromatic nitrogens is 1. The third-order valence-corrected chi connectivity index (χ3v) is 7.53. The Kier molecular flexibility index (Phi) is 8.09. The Hall–Kier alpha value is -2.53. The van der Waals surface area contributed by atoms with Crippen LogP contribution in [0.5, 0.6) is 0 Å². The lowest BCUT2D eigenvalue weighted by molar-refractivity contribution is -0.137. The molecule has 7 nitrogen and oxygen atoms in total. The quantitative estimate of drug-likeness (QED) is 0.608. The van der Waals surface area contributed by atoms with E-state index in [0.717, 1.165) is 49.8 Å². The number of hydrogen-bond acceptors (Lipinski definition) is 6. The van der Waals surface area contributed by atoms with Gasteiger partial charge in [-0.15, -0.1) is 0 Å². The molecule has 2 saturated heterocycles. The van der Waals surface area contributed by atoms with Crippen LogP contribution in [0.1, 0.15) is 35.1 Å². The number of halogens is 3. The maximum absolute atomic E-state index is 13.2. The average molecular weight is 519 g/mol. The first-order valence-electron chi connectivity index (χ1n) is 12.9. The lowest BCUT2D eigenvalue weighted by atomic mass is 9.97. The molecule has 0 bridgehead atoms. The molecule has 4 heterocycles. The molecule has 3 aliphatic rings. The Labute approximate surface area is 214 Å². The maximum atomic E-state index is 13.2. The third-order valence-electron chi connectivity index (χ3n) is 7.53. The molecule has 1 aromatic carbocycles. The second kappa shape index (κ2) is 11.5. The summed E-state index contributed by atoms with van der Waals surface area (Å²) in [6, 6.07) is 7.98. The van der Waals surface area contributed by atoms with Gasteiger partial charge in [-0.2, -0.15) is 13.2 Å². The van der Waals surface area contributed by atoms with E-state index >= 15 is 0 Å². The lowest BCUT2D eigenvalue weighted by Gasteiger charge is -2.31. The van der Waals surface area contributed by atoms with E-state index in [1.807, 2.05) is 17.0 Å². The van der Waals surface area contributed by atoms with Gasteiger partial charge >= 0.3 is 6.18 Å². The van der Waals surface area contributed by atoms with Crippen LogP contribution in [0.3, 0.4) is 0 Å². The lowest BCUT2D eigenvalue weighted by Crippen LogP contribution is -2.48. The second-order valence-corrected chi connectivity index (χ2v) is 10.1. The van der Waals surface area contributed by atoms with Crippen molar-refractivity contribution in [3.05, 3.63) is 65.0 Å². The van der Waals surface area contributed by atoms with E-state index in [9.17, 15) is 18.0 Å². The Morgan fingerprint density at radius 2 is 2.00 bits per heavy atom. The summed E-state index contributed by atoms with van der Waals surface area (Å²) in [4.78, 5) is 21.5. The summed E-state index contributed by atoms with van der Waals surface area (Å²) < 4.78 is 51.3. The summed E-state index contributed by atoms with van der Waals surface area (Å²) in [5.41, 5.74) is 1.88. The van der Waals surface area contributed by atoms with Crippen LogP contribution in [-0.2, 0) is 40.0 Å². The highest BCUT2D eigenvalue weighted by molar-refractivity contribution is 5.78. The SMILES string of the molecule is O=C(CN1CCc2ccc(C(F)(F)F)cc2C1)NC1CN(C2CCOCC2)C[C@@H]1OCc1cccnc1. The minimum absolute atomic E-state index is 0.135. The van der Waals surface area contributed by atoms with E-state index in [1.165, 1.54) is 6.07 Å². The molecule has 1 N–H and O–H groups in total. The molecular weight excluding hydrogens is 485 g/mol. The van der Waals surface area contributed by atoms with Crippen molar-refractivity contribution in [2.45, 2.75) is 56.8 Å². The van der Waals surface area contributed by atoms with Gasteiger partial charge in [0, 0.05) is 57.8 Å². The highest BCUT2D eigenvalue weighted by Crippen LogP contribution is 2.32. The van der Waals surface area contributed by atoms with Crippen molar-refractivity contribution in [1.29, 1.82) is 0 Å². The molecule has 5 rings (SSSR count). The first-order chi connectivity index (χ1) is 17.8. The molecule has 1 amide bonds. The number of hydrogen-bond donors (Lipinski definition) is 1. The Balaban J connectivity index is 1.20. The van der Waals surface area contributed by atoms with Crippen molar-refractivity contribution in [1.82, 2.24) is 20.1 Å². The summed E-state index contributed by atoms with van der Waals surface area (Å²) in [5.74, 6) is -0.135. The van der Waals surface area contributed by atoms with Crippen LogP contribution in [0.15, 0.2) is 42.7 Å². The summed E-state index contributed by atoms with van der Waals surface area (Å²) in [6.07, 6.45) is 1.50. The summed E-state index contributed by atoms with van der Waals surface area (Å²) in [7, 11) is 0. The fraction of sp³-hybridized carbons (Fsp3) is 0.556. The van der Waals surface area contributed by atoms with Crippen LogP contribution >= 0.6 is 0 Å². The van der Waals surface area contributed by atoms with E-state index in [0.29, 0.717) is 44.3 Å². The number of alkyl halides is 3. The van der Waals surface area contributed by atoms with Crippen LogP contribution in [0, 0.1) is 0 Å². The number of nitrogens with one attached hydrogen (secondary N) is 1. The van der Waals surface area contributed by atoms with Gasteiger partial charge in [-0.05, 0) is 54.2 Å². The topological polar surface area (TPSA) is 66.9 Å². The molecule has 37 heavy (non-hydrogen) atoms. The normalized spacial score (nSPS) is 23.6. The molecule has 0 saturated carbocycles. The van der Waals surface area contributed by atoms with Gasteiger partial charge in [0.1, 0.15) is 0 Å². The number of ether oxygens (including phenoxy) is 2. The first kappa shape index (κ1) is 26.1. The summed E-state index contributed by atoms with van der Waals surface area (Å²) in [5, 5.41) is 3.17. The number of amides is 1. The van der Waals surface area contributed by atoms with Gasteiger partial charge in [-0.1, -0.05) is 12.1 Å². The number of carbonyl (C=O) groups excluding carboxylic acids is 1. The van der Waals surface area contributed by atoms with Gasteiger partial charge in [-0.3, -0.25) is 19.6 Å². The van der Waals surface area contributed by atoms with Gasteiger partial charge in [0.15, 0.2) is 0 Å². The molecule has 0 spiro atoms. The van der Waals surface area contributed by atoms with Gasteiger partial charge in [-0.25, -0.2) is 0 Å².